The van der Waals surface area contributed by atoms with E-state index >= 15 is 0 Å². The molecule has 0 unspecified atom stereocenters. The van der Waals surface area contributed by atoms with Crippen LogP contribution in [0.4, 0.5) is 5.82 Å². The van der Waals surface area contributed by atoms with Crippen LogP contribution in [0.25, 0.3) is 11.3 Å². The molecule has 1 atom stereocenters. The predicted molar refractivity (Wildman–Crippen MR) is 117 cm³/mol. The van der Waals surface area contributed by atoms with Gasteiger partial charge >= 0.3 is 0 Å². The molecule has 0 fully saturated rings. The number of aromatic nitrogens is 2. The van der Waals surface area contributed by atoms with Gasteiger partial charge in [0, 0.05) is 5.56 Å². The molecule has 0 spiro atoms. The highest BCUT2D eigenvalue weighted by molar-refractivity contribution is 5.96. The molecule has 31 heavy (non-hydrogen) atoms. The van der Waals surface area contributed by atoms with Gasteiger partial charge in [-0.15, -0.1) is 0 Å². The summed E-state index contributed by atoms with van der Waals surface area (Å²) in [6.07, 6.45) is -0.745. The van der Waals surface area contributed by atoms with Gasteiger partial charge in [0.15, 0.2) is 23.3 Å². The van der Waals surface area contributed by atoms with Gasteiger partial charge in [-0.05, 0) is 86.4 Å². The van der Waals surface area contributed by atoms with Crippen molar-refractivity contribution in [2.75, 3.05) is 18.5 Å². The van der Waals surface area contributed by atoms with Gasteiger partial charge in [-0.1, -0.05) is 6.07 Å². The van der Waals surface area contributed by atoms with E-state index in [-0.39, 0.29) is 11.7 Å². The van der Waals surface area contributed by atoms with E-state index in [1.165, 1.54) is 0 Å². The van der Waals surface area contributed by atoms with Crippen LogP contribution in [0.5, 0.6) is 17.2 Å². The molecule has 8 heteroatoms. The maximum atomic E-state index is 12.7. The van der Waals surface area contributed by atoms with E-state index < -0.39 is 6.10 Å². The monoisotopic (exact) mass is 425 g/mol. The summed E-state index contributed by atoms with van der Waals surface area (Å²) in [6, 6.07) is 11.2. The van der Waals surface area contributed by atoms with Gasteiger partial charge in [0.25, 0.3) is 5.91 Å². The average Bonchev–Trinajstić information content (AvgIpc) is 3.17. The summed E-state index contributed by atoms with van der Waals surface area (Å²) in [4.78, 5) is 12.7. The van der Waals surface area contributed by atoms with Gasteiger partial charge in [-0.3, -0.25) is 4.79 Å². The first kappa shape index (κ1) is 22.1. The van der Waals surface area contributed by atoms with Gasteiger partial charge in [0.2, 0.25) is 5.82 Å². The third-order valence-corrected chi connectivity index (χ3v) is 4.42. The largest absolute Gasteiger partial charge is 0.490 e. The number of nitrogens with zero attached hydrogens (tertiary/aromatic N) is 2. The fourth-order valence-electron chi connectivity index (χ4n) is 3.14. The molecule has 1 amide bonds. The summed E-state index contributed by atoms with van der Waals surface area (Å²) >= 11 is 0. The van der Waals surface area contributed by atoms with E-state index in [1.54, 1.807) is 25.1 Å². The van der Waals surface area contributed by atoms with E-state index in [4.69, 9.17) is 18.8 Å². The highest BCUT2D eigenvalue weighted by atomic mass is 16.6. The lowest BCUT2D eigenvalue weighted by atomic mass is 10.1. The fraction of sp³-hybridized carbons (Fsp3) is 0.348. The van der Waals surface area contributed by atoms with Gasteiger partial charge in [0.05, 0.1) is 13.2 Å². The molecule has 8 nitrogen and oxygen atoms in total. The van der Waals surface area contributed by atoms with Crippen molar-refractivity contribution in [1.82, 2.24) is 10.3 Å². The number of aryl methyl sites for hydroxylation is 2. The summed E-state index contributed by atoms with van der Waals surface area (Å²) in [5.74, 6) is 1.67. The zero-order valence-electron chi connectivity index (χ0n) is 18.4. The number of rotatable bonds is 9. The van der Waals surface area contributed by atoms with E-state index in [1.807, 2.05) is 45.9 Å². The van der Waals surface area contributed by atoms with E-state index in [9.17, 15) is 4.79 Å². The summed E-state index contributed by atoms with van der Waals surface area (Å²) in [5.41, 5.74) is 3.18. The number of amides is 1. The van der Waals surface area contributed by atoms with Crippen LogP contribution in [-0.2, 0) is 4.79 Å². The van der Waals surface area contributed by atoms with Crippen molar-refractivity contribution in [3.05, 3.63) is 47.5 Å². The molecule has 0 saturated carbocycles. The lowest BCUT2D eigenvalue weighted by molar-refractivity contribution is -0.122. The number of benzene rings is 2. The Morgan fingerprint density at radius 2 is 1.68 bits per heavy atom. The lowest BCUT2D eigenvalue weighted by Crippen LogP contribution is -2.30. The minimum Gasteiger partial charge on any atom is -0.490 e. The fourth-order valence-corrected chi connectivity index (χ4v) is 3.14. The minimum absolute atomic E-state index is 0.201. The Labute approximate surface area is 181 Å². The second-order valence-corrected chi connectivity index (χ2v) is 7.06. The van der Waals surface area contributed by atoms with Crippen molar-refractivity contribution in [2.45, 2.75) is 40.7 Å². The van der Waals surface area contributed by atoms with Crippen molar-refractivity contribution in [1.29, 1.82) is 0 Å². The number of anilines is 1. The summed E-state index contributed by atoms with van der Waals surface area (Å²) in [7, 11) is 0. The highest BCUT2D eigenvalue weighted by Gasteiger charge is 2.21. The van der Waals surface area contributed by atoms with Crippen molar-refractivity contribution in [2.24, 2.45) is 0 Å². The Kier molecular flexibility index (Phi) is 7.12. The molecule has 1 heterocycles. The average molecular weight is 425 g/mol. The van der Waals surface area contributed by atoms with E-state index in [2.05, 4.69) is 15.6 Å². The molecule has 0 radical (unpaired) electrons. The first-order valence-corrected chi connectivity index (χ1v) is 10.2. The predicted octanol–water partition coefficient (Wildman–Crippen LogP) is 4.56. The Morgan fingerprint density at radius 1 is 1.00 bits per heavy atom. The lowest BCUT2D eigenvalue weighted by Gasteiger charge is -2.15. The first-order valence-electron chi connectivity index (χ1n) is 10.2. The second-order valence-electron chi connectivity index (χ2n) is 7.06. The van der Waals surface area contributed by atoms with Crippen molar-refractivity contribution < 1.29 is 23.6 Å². The zero-order chi connectivity index (χ0) is 22.4. The normalized spacial score (nSPS) is 11.6. The summed E-state index contributed by atoms with van der Waals surface area (Å²) < 4.78 is 21.9. The van der Waals surface area contributed by atoms with Crippen LogP contribution in [0.15, 0.2) is 41.0 Å². The number of hydrogen-bond donors (Lipinski definition) is 1. The third-order valence-electron chi connectivity index (χ3n) is 4.42. The molecule has 164 valence electrons. The Balaban J connectivity index is 1.76. The molecule has 1 N–H and O–H groups in total. The van der Waals surface area contributed by atoms with E-state index in [0.717, 1.165) is 11.1 Å². The van der Waals surface area contributed by atoms with Gasteiger partial charge in [-0.25, -0.2) is 4.63 Å². The second kappa shape index (κ2) is 9.97. The Bertz CT molecular complexity index is 1030. The van der Waals surface area contributed by atoms with Crippen molar-refractivity contribution in [3.8, 4) is 28.5 Å². The number of carbonyl (C=O) groups is 1. The van der Waals surface area contributed by atoms with Crippen LogP contribution < -0.4 is 19.5 Å². The number of ether oxygens (including phenoxy) is 3. The van der Waals surface area contributed by atoms with Crippen molar-refractivity contribution >= 4 is 11.7 Å². The minimum atomic E-state index is -0.745. The molecule has 0 aliphatic rings. The van der Waals surface area contributed by atoms with Gasteiger partial charge in [-0.2, -0.15) is 0 Å². The van der Waals surface area contributed by atoms with Crippen LogP contribution in [0.2, 0.25) is 0 Å². The summed E-state index contributed by atoms with van der Waals surface area (Å²) in [6.45, 7) is 10.4. The molecular weight excluding hydrogens is 398 g/mol. The van der Waals surface area contributed by atoms with Gasteiger partial charge in [0.1, 0.15) is 5.75 Å². The maximum absolute atomic E-state index is 12.7. The summed E-state index contributed by atoms with van der Waals surface area (Å²) in [5, 5.41) is 10.5. The zero-order valence-corrected chi connectivity index (χ0v) is 18.4. The molecule has 0 aliphatic carbocycles. The molecular formula is C23H27N3O5. The Morgan fingerprint density at radius 3 is 2.35 bits per heavy atom. The number of carbonyl (C=O) groups excluding carboxylic acids is 1. The Hall–Kier alpha value is -3.55. The highest BCUT2D eigenvalue weighted by Crippen LogP contribution is 2.34. The first-order chi connectivity index (χ1) is 14.9. The molecule has 0 bridgehead atoms. The van der Waals surface area contributed by atoms with Crippen LogP contribution in [0, 0.1) is 13.8 Å². The van der Waals surface area contributed by atoms with E-state index in [0.29, 0.717) is 41.7 Å². The third kappa shape index (κ3) is 5.53. The van der Waals surface area contributed by atoms with Crippen LogP contribution in [0.3, 0.4) is 0 Å². The van der Waals surface area contributed by atoms with Gasteiger partial charge < -0.3 is 19.5 Å². The smallest absolute Gasteiger partial charge is 0.266 e. The quantitative estimate of drug-likeness (QED) is 0.537. The van der Waals surface area contributed by atoms with Crippen LogP contribution in [0.1, 0.15) is 31.9 Å². The van der Waals surface area contributed by atoms with Crippen LogP contribution in [-0.4, -0.2) is 35.5 Å². The molecule has 3 aromatic rings. The molecule has 1 aromatic heterocycles. The molecule has 0 aliphatic heterocycles. The van der Waals surface area contributed by atoms with Crippen molar-refractivity contribution in [3.63, 3.8) is 0 Å². The number of hydrogen-bond acceptors (Lipinski definition) is 7. The van der Waals surface area contributed by atoms with Crippen LogP contribution >= 0.6 is 0 Å². The maximum Gasteiger partial charge on any atom is 0.266 e. The molecule has 3 rings (SSSR count). The SMILES string of the molecule is CCOc1ccc(-c2nonc2NC(=O)[C@@H](C)Oc2cc(C)cc(C)c2)cc1OCC. The number of nitrogens with one attached hydrogen (secondary N) is 1. The standard InChI is InChI=1S/C23H27N3O5/c1-6-28-19-9-8-17(13-20(19)29-7-2)21-22(26-31-25-21)24-23(27)16(5)30-18-11-14(3)10-15(4)12-18/h8-13,16H,6-7H2,1-5H3,(H,24,26,27)/t16-/m1/s1. The topological polar surface area (TPSA) is 95.7 Å². The molecule has 0 saturated heterocycles. The molecule has 2 aromatic carbocycles.